The van der Waals surface area contributed by atoms with Crippen LogP contribution in [0.3, 0.4) is 0 Å². The highest BCUT2D eigenvalue weighted by Gasteiger charge is 2.38. The second-order valence-corrected chi connectivity index (χ2v) is 4.67. The van der Waals surface area contributed by atoms with Gasteiger partial charge in [0.2, 0.25) is 5.88 Å². The van der Waals surface area contributed by atoms with E-state index in [1.54, 1.807) is 18.3 Å². The fourth-order valence-corrected chi connectivity index (χ4v) is 1.68. The van der Waals surface area contributed by atoms with E-state index in [9.17, 15) is 9.59 Å². The summed E-state index contributed by atoms with van der Waals surface area (Å²) in [5, 5.41) is 2.80. The Kier molecular flexibility index (Phi) is 4.11. The van der Waals surface area contributed by atoms with E-state index in [4.69, 9.17) is 14.2 Å². The Hall–Kier alpha value is -2.57. The van der Waals surface area contributed by atoms with E-state index in [-0.39, 0.29) is 5.57 Å². The number of hydrogen-bond acceptors (Lipinski definition) is 7. The minimum atomic E-state index is -1.25. The van der Waals surface area contributed by atoms with Gasteiger partial charge in [-0.15, -0.1) is 0 Å². The Morgan fingerprint density at radius 2 is 2.00 bits per heavy atom. The lowest BCUT2D eigenvalue weighted by atomic mass is 10.2. The lowest BCUT2D eigenvalue weighted by molar-refractivity contribution is -0.222. The topological polar surface area (TPSA) is 86.8 Å². The van der Waals surface area contributed by atoms with Gasteiger partial charge in [-0.2, -0.15) is 0 Å². The highest BCUT2D eigenvalue weighted by molar-refractivity contribution is 6.15. The number of aromatic nitrogens is 1. The molecule has 0 amide bonds. The number of hydrogen-bond donors (Lipinski definition) is 1. The standard InChI is InChI=1S/C14H16N2O5/c1-4-19-11-10(6-5-7-15-11)16-8-9-12(17)20-14(2,3)21-13(9)18/h5-8,16H,4H2,1-3H3. The summed E-state index contributed by atoms with van der Waals surface area (Å²) in [4.78, 5) is 27.6. The average Bonchev–Trinajstić information content (AvgIpc) is 2.38. The summed E-state index contributed by atoms with van der Waals surface area (Å²) in [6, 6.07) is 3.41. The number of ether oxygens (including phenoxy) is 3. The molecule has 2 heterocycles. The van der Waals surface area contributed by atoms with Crippen LogP contribution in [0.25, 0.3) is 0 Å². The van der Waals surface area contributed by atoms with E-state index in [2.05, 4.69) is 10.3 Å². The van der Waals surface area contributed by atoms with E-state index < -0.39 is 17.7 Å². The number of carbonyl (C=O) groups excluding carboxylic acids is 2. The fourth-order valence-electron chi connectivity index (χ4n) is 1.68. The molecule has 1 aromatic heterocycles. The smallest absolute Gasteiger partial charge is 0.350 e. The van der Waals surface area contributed by atoms with Crippen molar-refractivity contribution in [2.24, 2.45) is 0 Å². The van der Waals surface area contributed by atoms with Crippen LogP contribution >= 0.6 is 0 Å². The van der Waals surface area contributed by atoms with Crippen molar-refractivity contribution in [3.63, 3.8) is 0 Å². The first-order valence-electron chi connectivity index (χ1n) is 6.44. The minimum Gasteiger partial charge on any atom is -0.476 e. The summed E-state index contributed by atoms with van der Waals surface area (Å²) >= 11 is 0. The number of esters is 2. The number of anilines is 1. The quantitative estimate of drug-likeness (QED) is 0.512. The number of pyridine rings is 1. The van der Waals surface area contributed by atoms with Crippen LogP contribution in [-0.2, 0) is 19.1 Å². The molecule has 7 nitrogen and oxygen atoms in total. The first kappa shape index (κ1) is 14.8. The van der Waals surface area contributed by atoms with Crippen molar-refractivity contribution < 1.29 is 23.8 Å². The zero-order valence-electron chi connectivity index (χ0n) is 12.0. The summed E-state index contributed by atoms with van der Waals surface area (Å²) in [7, 11) is 0. The van der Waals surface area contributed by atoms with Gasteiger partial charge in [0.15, 0.2) is 5.57 Å². The first-order valence-corrected chi connectivity index (χ1v) is 6.44. The van der Waals surface area contributed by atoms with Crippen LogP contribution in [0.4, 0.5) is 5.69 Å². The van der Waals surface area contributed by atoms with Crippen LogP contribution in [0.5, 0.6) is 5.88 Å². The van der Waals surface area contributed by atoms with Gasteiger partial charge in [0, 0.05) is 26.2 Å². The second kappa shape index (κ2) is 5.82. The molecule has 1 saturated heterocycles. The monoisotopic (exact) mass is 292 g/mol. The molecule has 1 aliphatic heterocycles. The van der Waals surface area contributed by atoms with Gasteiger partial charge < -0.3 is 19.5 Å². The molecule has 1 N–H and O–H groups in total. The SMILES string of the molecule is CCOc1ncccc1NC=C1C(=O)OC(C)(C)OC1=O. The molecule has 112 valence electrons. The second-order valence-electron chi connectivity index (χ2n) is 4.67. The normalized spacial score (nSPS) is 16.8. The predicted molar refractivity (Wildman–Crippen MR) is 73.4 cm³/mol. The molecular formula is C14H16N2O5. The number of cyclic esters (lactones) is 2. The van der Waals surface area contributed by atoms with Crippen LogP contribution in [0.2, 0.25) is 0 Å². The van der Waals surface area contributed by atoms with Crippen molar-refractivity contribution in [3.8, 4) is 5.88 Å². The summed E-state index contributed by atoms with van der Waals surface area (Å²) in [6.45, 7) is 5.25. The van der Waals surface area contributed by atoms with Gasteiger partial charge in [-0.1, -0.05) is 0 Å². The maximum Gasteiger partial charge on any atom is 0.350 e. The van der Waals surface area contributed by atoms with Crippen molar-refractivity contribution in [2.75, 3.05) is 11.9 Å². The van der Waals surface area contributed by atoms with Crippen LogP contribution in [-0.4, -0.2) is 29.3 Å². The van der Waals surface area contributed by atoms with Gasteiger partial charge in [-0.05, 0) is 19.1 Å². The molecule has 0 bridgehead atoms. The van der Waals surface area contributed by atoms with Gasteiger partial charge in [0.1, 0.15) is 5.69 Å². The Balaban J connectivity index is 2.18. The maximum atomic E-state index is 11.8. The fraction of sp³-hybridized carbons (Fsp3) is 0.357. The minimum absolute atomic E-state index is 0.222. The number of nitrogens with zero attached hydrogens (tertiary/aromatic N) is 1. The van der Waals surface area contributed by atoms with Gasteiger partial charge >= 0.3 is 11.9 Å². The maximum absolute atomic E-state index is 11.8. The van der Waals surface area contributed by atoms with Crippen molar-refractivity contribution in [1.29, 1.82) is 0 Å². The third kappa shape index (κ3) is 3.50. The van der Waals surface area contributed by atoms with Crippen molar-refractivity contribution in [1.82, 2.24) is 4.98 Å². The van der Waals surface area contributed by atoms with Crippen molar-refractivity contribution >= 4 is 17.6 Å². The number of carbonyl (C=O) groups is 2. The van der Waals surface area contributed by atoms with E-state index in [0.717, 1.165) is 0 Å². The average molecular weight is 292 g/mol. The van der Waals surface area contributed by atoms with Crippen LogP contribution in [0, 0.1) is 0 Å². The van der Waals surface area contributed by atoms with Crippen LogP contribution in [0.15, 0.2) is 30.1 Å². The van der Waals surface area contributed by atoms with E-state index >= 15 is 0 Å². The Morgan fingerprint density at radius 1 is 1.33 bits per heavy atom. The lowest BCUT2D eigenvalue weighted by Crippen LogP contribution is -2.42. The largest absolute Gasteiger partial charge is 0.476 e. The zero-order valence-corrected chi connectivity index (χ0v) is 12.0. The van der Waals surface area contributed by atoms with E-state index in [1.807, 2.05) is 6.92 Å². The molecule has 0 aliphatic carbocycles. The number of nitrogens with one attached hydrogen (secondary N) is 1. The molecule has 1 aromatic rings. The molecule has 1 aliphatic rings. The van der Waals surface area contributed by atoms with Gasteiger partial charge in [-0.25, -0.2) is 14.6 Å². The van der Waals surface area contributed by atoms with Gasteiger partial charge in [0.05, 0.1) is 6.61 Å². The van der Waals surface area contributed by atoms with Crippen molar-refractivity contribution in [3.05, 3.63) is 30.1 Å². The summed E-state index contributed by atoms with van der Waals surface area (Å²) < 4.78 is 15.3. The zero-order chi connectivity index (χ0) is 15.5. The van der Waals surface area contributed by atoms with Crippen LogP contribution in [0.1, 0.15) is 20.8 Å². The van der Waals surface area contributed by atoms with E-state index in [0.29, 0.717) is 18.2 Å². The first-order chi connectivity index (χ1) is 9.93. The Morgan fingerprint density at radius 3 is 2.62 bits per heavy atom. The summed E-state index contributed by atoms with van der Waals surface area (Å²) in [5.74, 6) is -2.37. The molecule has 0 unspecified atom stereocenters. The molecule has 0 aromatic carbocycles. The molecule has 1 fully saturated rings. The third-order valence-electron chi connectivity index (χ3n) is 2.54. The Bertz CT molecular complexity index is 573. The highest BCUT2D eigenvalue weighted by atomic mass is 16.7. The lowest BCUT2D eigenvalue weighted by Gasteiger charge is -2.29. The number of rotatable bonds is 4. The molecule has 21 heavy (non-hydrogen) atoms. The molecule has 0 saturated carbocycles. The Labute approximate surface area is 121 Å². The molecule has 0 atom stereocenters. The molecule has 0 radical (unpaired) electrons. The van der Waals surface area contributed by atoms with E-state index in [1.165, 1.54) is 20.0 Å². The predicted octanol–water partition coefficient (Wildman–Crippen LogP) is 1.61. The summed E-state index contributed by atoms with van der Waals surface area (Å²) in [5.41, 5.74) is 0.304. The van der Waals surface area contributed by atoms with Gasteiger partial charge in [0.25, 0.3) is 5.79 Å². The van der Waals surface area contributed by atoms with Gasteiger partial charge in [-0.3, -0.25) is 0 Å². The molecular weight excluding hydrogens is 276 g/mol. The summed E-state index contributed by atoms with van der Waals surface area (Å²) in [6.07, 6.45) is 2.80. The highest BCUT2D eigenvalue weighted by Crippen LogP contribution is 2.24. The molecule has 7 heteroatoms. The molecule has 2 rings (SSSR count). The van der Waals surface area contributed by atoms with Crippen molar-refractivity contribution in [2.45, 2.75) is 26.6 Å². The van der Waals surface area contributed by atoms with Crippen LogP contribution < -0.4 is 10.1 Å². The molecule has 0 spiro atoms. The third-order valence-corrected chi connectivity index (χ3v) is 2.54.